The number of carbonyl (C=O) groups is 2. The van der Waals surface area contributed by atoms with E-state index in [2.05, 4.69) is 17.0 Å². The van der Waals surface area contributed by atoms with E-state index in [9.17, 15) is 9.59 Å². The van der Waals surface area contributed by atoms with Crippen molar-refractivity contribution in [3.05, 3.63) is 66.1 Å². The molecule has 1 fully saturated rings. The molecule has 1 amide bonds. The summed E-state index contributed by atoms with van der Waals surface area (Å²) in [5, 5.41) is 0. The molecular formula is C20H22N2O4. The van der Waals surface area contributed by atoms with Gasteiger partial charge in [0.15, 0.2) is 6.61 Å². The number of esters is 1. The number of rotatable bonds is 6. The van der Waals surface area contributed by atoms with E-state index < -0.39 is 5.97 Å². The molecule has 0 unspecified atom stereocenters. The number of nitrogens with zero attached hydrogens (tertiary/aromatic N) is 2. The average molecular weight is 354 g/mol. The van der Waals surface area contributed by atoms with Gasteiger partial charge in [-0.1, -0.05) is 30.3 Å². The van der Waals surface area contributed by atoms with Gasteiger partial charge in [0.2, 0.25) is 0 Å². The second kappa shape index (κ2) is 9.01. The summed E-state index contributed by atoms with van der Waals surface area (Å²) in [5.41, 5.74) is 1.27. The molecule has 1 aromatic heterocycles. The predicted octanol–water partition coefficient (Wildman–Crippen LogP) is 2.18. The fourth-order valence-corrected chi connectivity index (χ4v) is 2.81. The van der Waals surface area contributed by atoms with Crippen molar-refractivity contribution in [3.8, 4) is 0 Å². The Bertz CT molecular complexity index is 732. The van der Waals surface area contributed by atoms with Crippen LogP contribution in [0, 0.1) is 0 Å². The largest absolute Gasteiger partial charge is 0.465 e. The lowest BCUT2D eigenvalue weighted by atomic mass is 10.2. The maximum atomic E-state index is 12.2. The minimum atomic E-state index is -0.558. The van der Waals surface area contributed by atoms with Crippen LogP contribution in [0.1, 0.15) is 11.3 Å². The lowest BCUT2D eigenvalue weighted by molar-refractivity contribution is -0.149. The van der Waals surface area contributed by atoms with Crippen LogP contribution in [0.25, 0.3) is 6.08 Å². The molecule has 0 bridgehead atoms. The molecule has 1 aliphatic rings. The molecule has 6 heteroatoms. The van der Waals surface area contributed by atoms with Crippen LogP contribution in [0.3, 0.4) is 0 Å². The highest BCUT2D eigenvalue weighted by Gasteiger charge is 2.21. The van der Waals surface area contributed by atoms with E-state index in [-0.39, 0.29) is 12.5 Å². The second-order valence-electron chi connectivity index (χ2n) is 6.10. The Balaban J connectivity index is 1.37. The van der Waals surface area contributed by atoms with E-state index in [1.54, 1.807) is 17.0 Å². The van der Waals surface area contributed by atoms with E-state index >= 15 is 0 Å². The lowest BCUT2D eigenvalue weighted by Gasteiger charge is -2.34. The predicted molar refractivity (Wildman–Crippen MR) is 97.0 cm³/mol. The third-order valence-electron chi connectivity index (χ3n) is 4.24. The first-order valence-corrected chi connectivity index (χ1v) is 8.63. The van der Waals surface area contributed by atoms with E-state index in [1.807, 2.05) is 18.2 Å². The molecule has 0 radical (unpaired) electrons. The number of hydrogen-bond acceptors (Lipinski definition) is 5. The average Bonchev–Trinajstić information content (AvgIpc) is 3.19. The molecule has 0 N–H and O–H groups in total. The first kappa shape index (κ1) is 17.9. The molecule has 6 nitrogen and oxygen atoms in total. The highest BCUT2D eigenvalue weighted by atomic mass is 16.5. The molecule has 2 heterocycles. The molecular weight excluding hydrogens is 332 g/mol. The van der Waals surface area contributed by atoms with Crippen LogP contribution in [-0.4, -0.2) is 54.5 Å². The van der Waals surface area contributed by atoms with Gasteiger partial charge in [0.05, 0.1) is 6.26 Å². The Hall–Kier alpha value is -2.86. The Morgan fingerprint density at radius 2 is 1.81 bits per heavy atom. The molecule has 2 aromatic rings. The van der Waals surface area contributed by atoms with Crippen LogP contribution < -0.4 is 0 Å². The molecule has 136 valence electrons. The summed E-state index contributed by atoms with van der Waals surface area (Å²) in [7, 11) is 0. The van der Waals surface area contributed by atoms with E-state index in [1.165, 1.54) is 24.0 Å². The van der Waals surface area contributed by atoms with Crippen molar-refractivity contribution in [1.82, 2.24) is 9.80 Å². The maximum absolute atomic E-state index is 12.2. The minimum Gasteiger partial charge on any atom is -0.465 e. The first-order chi connectivity index (χ1) is 12.7. The number of carbonyl (C=O) groups excluding carboxylic acids is 2. The molecule has 0 atom stereocenters. The van der Waals surface area contributed by atoms with Gasteiger partial charge in [0.1, 0.15) is 5.76 Å². The number of piperazine rings is 1. The van der Waals surface area contributed by atoms with Gasteiger partial charge in [0, 0.05) is 38.8 Å². The summed E-state index contributed by atoms with van der Waals surface area (Å²) < 4.78 is 10.1. The molecule has 1 saturated heterocycles. The standard InChI is InChI=1S/C20H22N2O4/c23-19(16-26-20(24)9-8-18-7-4-14-25-18)22-12-10-21(11-13-22)15-17-5-2-1-3-6-17/h1-9,14H,10-13,15-16H2/b9-8+. The highest BCUT2D eigenvalue weighted by Crippen LogP contribution is 2.09. The monoisotopic (exact) mass is 354 g/mol. The van der Waals surface area contributed by atoms with Crippen LogP contribution in [0.5, 0.6) is 0 Å². The van der Waals surface area contributed by atoms with Crippen molar-refractivity contribution >= 4 is 18.0 Å². The number of furan rings is 1. The maximum Gasteiger partial charge on any atom is 0.331 e. The van der Waals surface area contributed by atoms with Gasteiger partial charge < -0.3 is 14.1 Å². The van der Waals surface area contributed by atoms with Crippen molar-refractivity contribution in [2.45, 2.75) is 6.54 Å². The third-order valence-corrected chi connectivity index (χ3v) is 4.24. The Morgan fingerprint density at radius 1 is 1.04 bits per heavy atom. The topological polar surface area (TPSA) is 63.0 Å². The second-order valence-corrected chi connectivity index (χ2v) is 6.10. The molecule has 26 heavy (non-hydrogen) atoms. The van der Waals surface area contributed by atoms with Gasteiger partial charge in [-0.3, -0.25) is 9.69 Å². The quantitative estimate of drug-likeness (QED) is 0.588. The summed E-state index contributed by atoms with van der Waals surface area (Å²) in [6, 6.07) is 13.7. The summed E-state index contributed by atoms with van der Waals surface area (Å²) >= 11 is 0. The van der Waals surface area contributed by atoms with Crippen molar-refractivity contribution in [3.63, 3.8) is 0 Å². The van der Waals surface area contributed by atoms with E-state index in [0.29, 0.717) is 18.8 Å². The number of ether oxygens (including phenoxy) is 1. The Labute approximate surface area is 152 Å². The minimum absolute atomic E-state index is 0.163. The lowest BCUT2D eigenvalue weighted by Crippen LogP contribution is -2.49. The molecule has 0 saturated carbocycles. The van der Waals surface area contributed by atoms with Crippen molar-refractivity contribution in [2.75, 3.05) is 32.8 Å². The van der Waals surface area contributed by atoms with Crippen LogP contribution in [0.15, 0.2) is 59.2 Å². The van der Waals surface area contributed by atoms with Gasteiger partial charge in [-0.25, -0.2) is 4.79 Å². The highest BCUT2D eigenvalue weighted by molar-refractivity contribution is 5.88. The summed E-state index contributed by atoms with van der Waals surface area (Å²) in [6.45, 7) is 3.56. The number of benzene rings is 1. The van der Waals surface area contributed by atoms with E-state index in [4.69, 9.17) is 9.15 Å². The molecule has 3 rings (SSSR count). The SMILES string of the molecule is O=C(/C=C/c1ccco1)OCC(=O)N1CCN(Cc2ccccc2)CC1. The zero-order valence-electron chi connectivity index (χ0n) is 14.5. The molecule has 0 aliphatic carbocycles. The first-order valence-electron chi connectivity index (χ1n) is 8.63. The smallest absolute Gasteiger partial charge is 0.331 e. The Morgan fingerprint density at radius 3 is 2.50 bits per heavy atom. The molecule has 1 aromatic carbocycles. The van der Waals surface area contributed by atoms with E-state index in [0.717, 1.165) is 19.6 Å². The van der Waals surface area contributed by atoms with Gasteiger partial charge in [-0.2, -0.15) is 0 Å². The van der Waals surface area contributed by atoms with Gasteiger partial charge in [-0.05, 0) is 23.8 Å². The molecule has 0 spiro atoms. The summed E-state index contributed by atoms with van der Waals surface area (Å²) in [6.07, 6.45) is 4.28. The Kier molecular flexibility index (Phi) is 6.22. The zero-order chi connectivity index (χ0) is 18.2. The van der Waals surface area contributed by atoms with Crippen LogP contribution in [-0.2, 0) is 20.9 Å². The third kappa shape index (κ3) is 5.32. The van der Waals surface area contributed by atoms with Crippen LogP contribution in [0.4, 0.5) is 0 Å². The van der Waals surface area contributed by atoms with Gasteiger partial charge in [-0.15, -0.1) is 0 Å². The van der Waals surface area contributed by atoms with Gasteiger partial charge in [0.25, 0.3) is 5.91 Å². The zero-order valence-corrected chi connectivity index (χ0v) is 14.5. The van der Waals surface area contributed by atoms with Crippen LogP contribution in [0.2, 0.25) is 0 Å². The van der Waals surface area contributed by atoms with Crippen LogP contribution >= 0.6 is 0 Å². The van der Waals surface area contributed by atoms with Gasteiger partial charge >= 0.3 is 5.97 Å². The van der Waals surface area contributed by atoms with Crippen molar-refractivity contribution in [2.24, 2.45) is 0 Å². The molecule has 1 aliphatic heterocycles. The van der Waals surface area contributed by atoms with Crippen molar-refractivity contribution in [1.29, 1.82) is 0 Å². The number of hydrogen-bond donors (Lipinski definition) is 0. The fraction of sp³-hybridized carbons (Fsp3) is 0.300. The van der Waals surface area contributed by atoms with Crippen molar-refractivity contribution < 1.29 is 18.7 Å². The fourth-order valence-electron chi connectivity index (χ4n) is 2.81. The normalized spacial score (nSPS) is 15.3. The summed E-state index contributed by atoms with van der Waals surface area (Å²) in [5.74, 6) is -0.163. The summed E-state index contributed by atoms with van der Waals surface area (Å²) in [4.78, 5) is 27.9. The number of amides is 1.